The average molecular weight is 347 g/mol. The molecule has 1 amide bonds. The fourth-order valence-corrected chi connectivity index (χ4v) is 3.10. The Bertz CT molecular complexity index is 787. The number of fused-ring (bicyclic) bond motifs is 1. The monoisotopic (exact) mass is 346 g/mol. The summed E-state index contributed by atoms with van der Waals surface area (Å²) in [6, 6.07) is 4.96. The number of aryl methyl sites for hydroxylation is 1. The fraction of sp³-hybridized carbons (Fsp3) is 0.400. The van der Waals surface area contributed by atoms with E-state index >= 15 is 0 Å². The largest absolute Gasteiger partial charge is 0.419 e. The maximum atomic E-state index is 12.9. The van der Waals surface area contributed by atoms with Gasteiger partial charge in [-0.25, -0.2) is 0 Å². The highest BCUT2D eigenvalue weighted by molar-refractivity contribution is 6.31. The standard InChI is InChI=1S/C15H14ClF3N2O2/c1-8-12(10-6-9(16)2-3-11(10)20-8)13(22)21-5-4-14(23,7-21)15(17,18)19/h2-3,6,20,23H,4-5,7H2,1H3. The number of β-amino-alcohol motifs (C(OH)–C–C–N with tert-alkyl or cyclic N) is 1. The van der Waals surface area contributed by atoms with Gasteiger partial charge in [0, 0.05) is 34.6 Å². The molecule has 0 aliphatic carbocycles. The first kappa shape index (κ1) is 16.1. The number of aliphatic hydroxyl groups is 1. The fourth-order valence-electron chi connectivity index (χ4n) is 2.93. The molecule has 1 aromatic carbocycles. The van der Waals surface area contributed by atoms with Gasteiger partial charge in [0.15, 0.2) is 5.60 Å². The molecule has 1 unspecified atom stereocenters. The lowest BCUT2D eigenvalue weighted by Crippen LogP contribution is -2.48. The molecule has 2 heterocycles. The molecule has 2 aromatic rings. The molecule has 1 aromatic heterocycles. The zero-order chi connectivity index (χ0) is 17.0. The highest BCUT2D eigenvalue weighted by Gasteiger charge is 2.57. The van der Waals surface area contributed by atoms with E-state index in [1.54, 1.807) is 25.1 Å². The van der Waals surface area contributed by atoms with Crippen LogP contribution >= 0.6 is 11.6 Å². The van der Waals surface area contributed by atoms with E-state index in [4.69, 9.17) is 11.6 Å². The second kappa shape index (κ2) is 5.14. The predicted octanol–water partition coefficient (Wildman–Crippen LogP) is 3.27. The van der Waals surface area contributed by atoms with Gasteiger partial charge in [0.05, 0.1) is 12.1 Å². The molecule has 1 saturated heterocycles. The van der Waals surface area contributed by atoms with Crippen molar-refractivity contribution in [3.63, 3.8) is 0 Å². The zero-order valence-corrected chi connectivity index (χ0v) is 12.9. The predicted molar refractivity (Wildman–Crippen MR) is 79.6 cm³/mol. The summed E-state index contributed by atoms with van der Waals surface area (Å²) in [6.45, 7) is 0.761. The van der Waals surface area contributed by atoms with Gasteiger partial charge < -0.3 is 15.0 Å². The molecule has 8 heteroatoms. The molecular formula is C15H14ClF3N2O2. The normalized spacial score (nSPS) is 22.1. The molecule has 1 atom stereocenters. The van der Waals surface area contributed by atoms with Gasteiger partial charge in [0.1, 0.15) is 0 Å². The van der Waals surface area contributed by atoms with E-state index in [0.717, 1.165) is 4.90 Å². The Hall–Kier alpha value is -1.73. The second-order valence-electron chi connectivity index (χ2n) is 5.82. The van der Waals surface area contributed by atoms with E-state index in [1.165, 1.54) is 0 Å². The summed E-state index contributed by atoms with van der Waals surface area (Å²) >= 11 is 5.94. The molecule has 3 rings (SSSR count). The number of benzene rings is 1. The molecule has 0 bridgehead atoms. The number of amides is 1. The number of carbonyl (C=O) groups excluding carboxylic acids is 1. The molecule has 23 heavy (non-hydrogen) atoms. The summed E-state index contributed by atoms with van der Waals surface area (Å²) in [5.41, 5.74) is -1.33. The van der Waals surface area contributed by atoms with Crippen molar-refractivity contribution < 1.29 is 23.1 Å². The number of aromatic amines is 1. The van der Waals surface area contributed by atoms with E-state index in [2.05, 4.69) is 4.98 Å². The number of rotatable bonds is 1. The second-order valence-corrected chi connectivity index (χ2v) is 6.26. The molecule has 1 fully saturated rings. The van der Waals surface area contributed by atoms with Crippen LogP contribution in [-0.4, -0.2) is 45.8 Å². The molecule has 1 aliphatic rings. The van der Waals surface area contributed by atoms with E-state index in [9.17, 15) is 23.1 Å². The van der Waals surface area contributed by atoms with Crippen molar-refractivity contribution in [2.45, 2.75) is 25.1 Å². The van der Waals surface area contributed by atoms with Crippen LogP contribution in [0.5, 0.6) is 0 Å². The van der Waals surface area contributed by atoms with Crippen molar-refractivity contribution in [3.05, 3.63) is 34.5 Å². The Kier molecular flexibility index (Phi) is 3.61. The van der Waals surface area contributed by atoms with Gasteiger partial charge in [-0.05, 0) is 25.1 Å². The summed E-state index contributed by atoms with van der Waals surface area (Å²) in [5, 5.41) is 10.7. The van der Waals surface area contributed by atoms with Gasteiger partial charge in [0.25, 0.3) is 5.91 Å². The number of alkyl halides is 3. The smallest absolute Gasteiger partial charge is 0.379 e. The van der Waals surface area contributed by atoms with Crippen LogP contribution in [0.1, 0.15) is 22.5 Å². The number of likely N-dealkylation sites (tertiary alicyclic amines) is 1. The van der Waals surface area contributed by atoms with E-state index in [0.29, 0.717) is 21.6 Å². The summed E-state index contributed by atoms with van der Waals surface area (Å²) in [6.07, 6.45) is -5.29. The van der Waals surface area contributed by atoms with Crippen LogP contribution in [0.25, 0.3) is 10.9 Å². The summed E-state index contributed by atoms with van der Waals surface area (Å²) < 4.78 is 38.7. The molecule has 2 N–H and O–H groups in total. The average Bonchev–Trinajstić information content (AvgIpc) is 2.98. The minimum Gasteiger partial charge on any atom is -0.379 e. The third kappa shape index (κ3) is 2.57. The van der Waals surface area contributed by atoms with Crippen LogP contribution in [0.3, 0.4) is 0 Å². The molecule has 4 nitrogen and oxygen atoms in total. The third-order valence-electron chi connectivity index (χ3n) is 4.22. The van der Waals surface area contributed by atoms with Crippen molar-refractivity contribution in [2.75, 3.05) is 13.1 Å². The van der Waals surface area contributed by atoms with E-state index in [-0.39, 0.29) is 12.1 Å². The number of nitrogens with one attached hydrogen (secondary N) is 1. The Morgan fingerprint density at radius 2 is 2.13 bits per heavy atom. The van der Waals surface area contributed by atoms with Crippen molar-refractivity contribution in [1.29, 1.82) is 0 Å². The summed E-state index contributed by atoms with van der Waals surface area (Å²) in [5.74, 6) is -0.545. The van der Waals surface area contributed by atoms with Crippen LogP contribution in [0.2, 0.25) is 5.02 Å². The van der Waals surface area contributed by atoms with Gasteiger partial charge in [-0.3, -0.25) is 4.79 Å². The SMILES string of the molecule is Cc1[nH]c2ccc(Cl)cc2c1C(=O)N1CCC(O)(C(F)(F)F)C1. The lowest BCUT2D eigenvalue weighted by atomic mass is 10.0. The molecule has 1 aliphatic heterocycles. The maximum absolute atomic E-state index is 12.9. The van der Waals surface area contributed by atoms with Gasteiger partial charge >= 0.3 is 6.18 Å². The van der Waals surface area contributed by atoms with E-state index in [1.807, 2.05) is 0 Å². The Labute approximate surface area is 134 Å². The first-order valence-corrected chi connectivity index (χ1v) is 7.36. The minimum atomic E-state index is -4.76. The molecule has 0 radical (unpaired) electrons. The Morgan fingerprint density at radius 1 is 1.43 bits per heavy atom. The summed E-state index contributed by atoms with van der Waals surface area (Å²) in [7, 11) is 0. The topological polar surface area (TPSA) is 56.3 Å². The highest BCUT2D eigenvalue weighted by atomic mass is 35.5. The van der Waals surface area contributed by atoms with Crippen molar-refractivity contribution >= 4 is 28.4 Å². The molecule has 124 valence electrons. The summed E-state index contributed by atoms with van der Waals surface area (Å²) in [4.78, 5) is 16.7. The maximum Gasteiger partial charge on any atom is 0.419 e. The number of hydrogen-bond acceptors (Lipinski definition) is 2. The Balaban J connectivity index is 1.96. The number of halogens is 4. The van der Waals surface area contributed by atoms with Crippen LogP contribution in [0.15, 0.2) is 18.2 Å². The van der Waals surface area contributed by atoms with Crippen molar-refractivity contribution in [2.24, 2.45) is 0 Å². The first-order chi connectivity index (χ1) is 10.6. The number of aromatic nitrogens is 1. The van der Waals surface area contributed by atoms with Crippen LogP contribution in [-0.2, 0) is 0 Å². The van der Waals surface area contributed by atoms with Crippen molar-refractivity contribution in [1.82, 2.24) is 9.88 Å². The molecule has 0 saturated carbocycles. The number of hydrogen-bond donors (Lipinski definition) is 2. The van der Waals surface area contributed by atoms with Crippen LogP contribution < -0.4 is 0 Å². The van der Waals surface area contributed by atoms with Crippen LogP contribution in [0, 0.1) is 6.92 Å². The van der Waals surface area contributed by atoms with Gasteiger partial charge in [-0.1, -0.05) is 11.6 Å². The lowest BCUT2D eigenvalue weighted by Gasteiger charge is -2.26. The first-order valence-electron chi connectivity index (χ1n) is 6.98. The minimum absolute atomic E-state index is 0.151. The van der Waals surface area contributed by atoms with Crippen LogP contribution in [0.4, 0.5) is 13.2 Å². The zero-order valence-electron chi connectivity index (χ0n) is 12.2. The molecular weight excluding hydrogens is 333 g/mol. The highest BCUT2D eigenvalue weighted by Crippen LogP contribution is 2.38. The van der Waals surface area contributed by atoms with Gasteiger partial charge in [-0.15, -0.1) is 0 Å². The number of carbonyl (C=O) groups is 1. The number of H-pyrrole nitrogens is 1. The van der Waals surface area contributed by atoms with Gasteiger partial charge in [0.2, 0.25) is 0 Å². The molecule has 0 spiro atoms. The lowest BCUT2D eigenvalue weighted by molar-refractivity contribution is -0.253. The quantitative estimate of drug-likeness (QED) is 0.832. The number of nitrogens with zero attached hydrogens (tertiary/aromatic N) is 1. The van der Waals surface area contributed by atoms with E-state index < -0.39 is 30.7 Å². The Morgan fingerprint density at radius 3 is 2.74 bits per heavy atom. The third-order valence-corrected chi connectivity index (χ3v) is 4.46. The van der Waals surface area contributed by atoms with Crippen molar-refractivity contribution in [3.8, 4) is 0 Å². The van der Waals surface area contributed by atoms with Gasteiger partial charge in [-0.2, -0.15) is 13.2 Å².